The van der Waals surface area contributed by atoms with Crippen LogP contribution in [0.4, 0.5) is 5.82 Å². The summed E-state index contributed by atoms with van der Waals surface area (Å²) in [5, 5.41) is 17.0. The highest BCUT2D eigenvalue weighted by Gasteiger charge is 2.10. The molecule has 0 saturated carbocycles. The second-order valence-electron chi connectivity index (χ2n) is 5.61. The van der Waals surface area contributed by atoms with Gasteiger partial charge in [-0.3, -0.25) is 4.79 Å². The van der Waals surface area contributed by atoms with E-state index < -0.39 is 10.0 Å². The van der Waals surface area contributed by atoms with E-state index in [1.165, 1.54) is 30.1 Å². The van der Waals surface area contributed by atoms with Crippen LogP contribution < -0.4 is 10.5 Å². The first-order valence-corrected chi connectivity index (χ1v) is 10.7. The summed E-state index contributed by atoms with van der Waals surface area (Å²) in [5.74, 6) is 0.418. The van der Waals surface area contributed by atoms with E-state index in [-0.39, 0.29) is 4.90 Å². The second kappa shape index (κ2) is 8.42. The number of carbonyl (C=O) groups is 1. The third kappa shape index (κ3) is 4.68. The Bertz CT molecular complexity index is 1100. The third-order valence-corrected chi connectivity index (χ3v) is 5.19. The molecule has 1 aromatic carbocycles. The molecular formula is C17H16N6O3S2. The molecule has 3 rings (SSSR count). The number of nitrogens with zero attached hydrogens (tertiary/aromatic N) is 4. The van der Waals surface area contributed by atoms with Gasteiger partial charge in [-0.15, -0.1) is 0 Å². The van der Waals surface area contributed by atoms with Crippen LogP contribution in [0.1, 0.15) is 16.1 Å². The molecule has 144 valence electrons. The van der Waals surface area contributed by atoms with Crippen molar-refractivity contribution in [2.75, 3.05) is 11.6 Å². The van der Waals surface area contributed by atoms with Crippen LogP contribution in [0, 0.1) is 0 Å². The minimum absolute atomic E-state index is 0.00675. The van der Waals surface area contributed by atoms with E-state index in [1.807, 2.05) is 6.26 Å². The molecule has 28 heavy (non-hydrogen) atoms. The monoisotopic (exact) mass is 416 g/mol. The molecule has 2 heterocycles. The van der Waals surface area contributed by atoms with E-state index in [0.29, 0.717) is 46.3 Å². The maximum Gasteiger partial charge on any atom is 0.238 e. The number of carbonyl (C=O) groups excluding carboxylic acids is 1. The Morgan fingerprint density at radius 3 is 2.68 bits per heavy atom. The summed E-state index contributed by atoms with van der Waals surface area (Å²) in [4.78, 5) is 19.5. The molecule has 3 N–H and O–H groups in total. The molecule has 3 aromatic rings. The van der Waals surface area contributed by atoms with E-state index >= 15 is 0 Å². The largest absolute Gasteiger partial charge is 0.364 e. The van der Waals surface area contributed by atoms with Gasteiger partial charge in [0.05, 0.1) is 28.4 Å². The molecule has 2 aromatic heterocycles. The van der Waals surface area contributed by atoms with Gasteiger partial charge in [0.1, 0.15) is 5.82 Å². The lowest BCUT2D eigenvalue weighted by atomic mass is 10.1. The smallest absolute Gasteiger partial charge is 0.238 e. The van der Waals surface area contributed by atoms with Crippen LogP contribution in [-0.4, -0.2) is 41.1 Å². The van der Waals surface area contributed by atoms with Crippen molar-refractivity contribution < 1.29 is 13.2 Å². The Morgan fingerprint density at radius 1 is 1.21 bits per heavy atom. The minimum atomic E-state index is -3.79. The van der Waals surface area contributed by atoms with E-state index in [9.17, 15) is 13.2 Å². The Kier molecular flexibility index (Phi) is 5.97. The minimum Gasteiger partial charge on any atom is -0.364 e. The molecule has 0 saturated heterocycles. The number of sulfonamides is 1. The van der Waals surface area contributed by atoms with Crippen molar-refractivity contribution in [2.24, 2.45) is 5.14 Å². The van der Waals surface area contributed by atoms with Crippen LogP contribution in [-0.2, 0) is 16.6 Å². The summed E-state index contributed by atoms with van der Waals surface area (Å²) in [7, 11) is -3.79. The van der Waals surface area contributed by atoms with Crippen molar-refractivity contribution in [2.45, 2.75) is 16.6 Å². The van der Waals surface area contributed by atoms with Crippen LogP contribution >= 0.6 is 11.8 Å². The third-order valence-electron chi connectivity index (χ3n) is 3.72. The molecule has 9 nitrogen and oxygen atoms in total. The van der Waals surface area contributed by atoms with Crippen molar-refractivity contribution in [3.05, 3.63) is 53.9 Å². The molecule has 0 aliphatic carbocycles. The first-order valence-electron chi connectivity index (χ1n) is 7.96. The van der Waals surface area contributed by atoms with E-state index in [4.69, 9.17) is 5.14 Å². The number of thioether (sulfide) groups is 1. The molecule has 0 fully saturated rings. The van der Waals surface area contributed by atoms with Gasteiger partial charge in [0.25, 0.3) is 0 Å². The lowest BCUT2D eigenvalue weighted by Crippen LogP contribution is -2.12. The number of benzene rings is 1. The molecule has 0 spiro atoms. The Hall–Kier alpha value is -2.89. The zero-order chi connectivity index (χ0) is 20.1. The van der Waals surface area contributed by atoms with Gasteiger partial charge in [-0.05, 0) is 30.5 Å². The molecule has 0 atom stereocenters. The summed E-state index contributed by atoms with van der Waals surface area (Å²) in [6, 6.07) is 9.64. The molecule has 0 bridgehead atoms. The molecule has 0 radical (unpaired) electrons. The standard InChI is InChI=1S/C17H16N6O3S2/c1-27-17-20-8-12(10-24)16(21-17)19-9-13-5-6-15(23-22-13)11-3-2-4-14(7-11)28(18,25)26/h2-8,10H,9H2,1H3,(H2,18,25,26)(H,19,20,21). The van der Waals surface area contributed by atoms with Crippen LogP contribution in [0.5, 0.6) is 0 Å². The van der Waals surface area contributed by atoms with Crippen molar-refractivity contribution in [1.29, 1.82) is 0 Å². The number of aromatic nitrogens is 4. The van der Waals surface area contributed by atoms with Gasteiger partial charge in [-0.2, -0.15) is 10.2 Å². The van der Waals surface area contributed by atoms with Crippen LogP contribution in [0.3, 0.4) is 0 Å². The summed E-state index contributed by atoms with van der Waals surface area (Å²) in [6.07, 6.45) is 3.98. The van der Waals surface area contributed by atoms with Crippen LogP contribution in [0.15, 0.2) is 52.6 Å². The summed E-state index contributed by atoms with van der Waals surface area (Å²) >= 11 is 1.37. The zero-order valence-electron chi connectivity index (χ0n) is 14.7. The fraction of sp³-hybridized carbons (Fsp3) is 0.118. The Labute approximate surface area is 165 Å². The highest BCUT2D eigenvalue weighted by Crippen LogP contribution is 2.20. The van der Waals surface area contributed by atoms with Crippen molar-refractivity contribution in [3.8, 4) is 11.3 Å². The van der Waals surface area contributed by atoms with Crippen molar-refractivity contribution in [3.63, 3.8) is 0 Å². The summed E-state index contributed by atoms with van der Waals surface area (Å²) < 4.78 is 23.0. The van der Waals surface area contributed by atoms with Crippen molar-refractivity contribution in [1.82, 2.24) is 20.2 Å². The maximum absolute atomic E-state index is 11.5. The first kappa shape index (κ1) is 19.9. The number of nitrogens with two attached hydrogens (primary N) is 1. The number of hydrogen-bond acceptors (Lipinski definition) is 9. The number of nitrogens with one attached hydrogen (secondary N) is 1. The van der Waals surface area contributed by atoms with E-state index in [0.717, 1.165) is 0 Å². The first-order chi connectivity index (χ1) is 13.4. The lowest BCUT2D eigenvalue weighted by Gasteiger charge is -2.08. The van der Waals surface area contributed by atoms with Gasteiger partial charge in [0.2, 0.25) is 10.0 Å². The van der Waals surface area contributed by atoms with Gasteiger partial charge in [-0.25, -0.2) is 23.5 Å². The summed E-state index contributed by atoms with van der Waals surface area (Å²) in [6.45, 7) is 0.302. The van der Waals surface area contributed by atoms with Gasteiger partial charge in [-0.1, -0.05) is 23.9 Å². The molecule has 0 aliphatic heterocycles. The van der Waals surface area contributed by atoms with E-state index in [1.54, 1.807) is 24.3 Å². The molecule has 0 unspecified atom stereocenters. The molecular weight excluding hydrogens is 400 g/mol. The quantitative estimate of drug-likeness (QED) is 0.334. The zero-order valence-corrected chi connectivity index (χ0v) is 16.4. The van der Waals surface area contributed by atoms with Gasteiger partial charge < -0.3 is 5.32 Å². The SMILES string of the molecule is CSc1ncc(C=O)c(NCc2ccc(-c3cccc(S(N)(=O)=O)c3)nn2)n1. The van der Waals surface area contributed by atoms with Crippen molar-refractivity contribution >= 4 is 33.9 Å². The molecule has 0 amide bonds. The van der Waals surface area contributed by atoms with Crippen LogP contribution in [0.2, 0.25) is 0 Å². The number of hydrogen-bond donors (Lipinski definition) is 2. The topological polar surface area (TPSA) is 141 Å². The highest BCUT2D eigenvalue weighted by atomic mass is 32.2. The number of anilines is 1. The number of primary sulfonamides is 1. The van der Waals surface area contributed by atoms with E-state index in [2.05, 4.69) is 25.5 Å². The van der Waals surface area contributed by atoms with Gasteiger partial charge >= 0.3 is 0 Å². The Morgan fingerprint density at radius 2 is 2.04 bits per heavy atom. The Balaban J connectivity index is 1.76. The fourth-order valence-electron chi connectivity index (χ4n) is 2.32. The molecule has 11 heteroatoms. The highest BCUT2D eigenvalue weighted by molar-refractivity contribution is 7.98. The average Bonchev–Trinajstić information content (AvgIpc) is 2.72. The average molecular weight is 416 g/mol. The normalized spacial score (nSPS) is 11.2. The summed E-state index contributed by atoms with van der Waals surface area (Å²) in [5.41, 5.74) is 2.06. The fourth-order valence-corrected chi connectivity index (χ4v) is 3.22. The van der Waals surface area contributed by atoms with Crippen LogP contribution in [0.25, 0.3) is 11.3 Å². The molecule has 0 aliphatic rings. The predicted octanol–water partition coefficient (Wildman–Crippen LogP) is 1.73. The maximum atomic E-state index is 11.5. The predicted molar refractivity (Wildman–Crippen MR) is 105 cm³/mol. The second-order valence-corrected chi connectivity index (χ2v) is 7.95. The van der Waals surface area contributed by atoms with Gasteiger partial charge in [0.15, 0.2) is 11.4 Å². The number of rotatable bonds is 7. The van der Waals surface area contributed by atoms with Gasteiger partial charge in [0, 0.05) is 11.8 Å². The number of aldehydes is 1. The lowest BCUT2D eigenvalue weighted by molar-refractivity contribution is 0.112.